The first-order chi connectivity index (χ1) is 31.1. The van der Waals surface area contributed by atoms with Crippen LogP contribution in [0, 0.1) is 0 Å². The van der Waals surface area contributed by atoms with Gasteiger partial charge in [0.05, 0.1) is 30.2 Å². The summed E-state index contributed by atoms with van der Waals surface area (Å²) in [7, 11) is 0. The van der Waals surface area contributed by atoms with Crippen LogP contribution in [0.5, 0.6) is 0 Å². The zero-order valence-corrected chi connectivity index (χ0v) is 26.0. The fourth-order valence-corrected chi connectivity index (χ4v) is 6.69. The van der Waals surface area contributed by atoms with Gasteiger partial charge in [0, 0.05) is 43.4 Å². The van der Waals surface area contributed by atoms with Crippen LogP contribution in [0.25, 0.3) is 106 Å². The number of para-hydroxylation sites is 2. The molecule has 0 bridgehead atoms. The normalized spacial score (nSPS) is 15.8. The summed E-state index contributed by atoms with van der Waals surface area (Å²) in [5, 5.41) is 1.43. The predicted molar refractivity (Wildman–Crippen MR) is 205 cm³/mol. The third-order valence-electron chi connectivity index (χ3n) is 8.91. The lowest BCUT2D eigenvalue weighted by atomic mass is 9.99. The second-order valence-electron chi connectivity index (χ2n) is 11.8. The number of furan rings is 2. The van der Waals surface area contributed by atoms with Crippen LogP contribution in [0.1, 0.15) is 19.2 Å². The van der Waals surface area contributed by atoms with E-state index in [4.69, 9.17) is 30.3 Å². The Morgan fingerprint density at radius 2 is 1.22 bits per heavy atom. The Hall–Kier alpha value is -7.05. The van der Waals surface area contributed by atoms with E-state index in [9.17, 15) is 2.74 Å². The summed E-state index contributed by atoms with van der Waals surface area (Å²) in [4.78, 5) is 14.2. The first-order valence-corrected chi connectivity index (χ1v) is 15.8. The topological polar surface area (TPSA) is 69.9 Å². The number of rotatable bonds is 4. The van der Waals surface area contributed by atoms with Crippen LogP contribution in [-0.4, -0.2) is 19.5 Å². The zero-order chi connectivity index (χ0) is 45.7. The number of benzene rings is 7. The van der Waals surface area contributed by atoms with Gasteiger partial charge in [0.25, 0.3) is 0 Å². The Labute approximate surface area is 310 Å². The highest BCUT2D eigenvalue weighted by molar-refractivity contribution is 6.17. The standard InChI is InChI=1S/C45H26N4O2/c1-3-12-27(13-4-1)30-18-11-21-39-42(30)33-23-22-29(24-40(33)51-39)44-46-43(28-14-5-2-6-15-28)47-45(48-44)49-36-19-9-7-16-31(36)34-26-41-35(25-37(34)49)32-17-8-10-20-38(32)50-41/h1-26H/i2D,5D,6D,7D,8D,9D,10D,14D,15D,16D,17D,19D,20D,25D. The van der Waals surface area contributed by atoms with Crippen LogP contribution >= 0.6 is 0 Å². The highest BCUT2D eigenvalue weighted by Crippen LogP contribution is 2.40. The first-order valence-electron chi connectivity index (χ1n) is 22.8. The molecule has 238 valence electrons. The molecule has 0 fully saturated rings. The lowest BCUT2D eigenvalue weighted by Gasteiger charge is -2.11. The van der Waals surface area contributed by atoms with Gasteiger partial charge in [0.1, 0.15) is 22.3 Å². The Bertz CT molecular complexity index is 3930. The predicted octanol–water partition coefficient (Wildman–Crippen LogP) is 11.8. The van der Waals surface area contributed by atoms with Crippen molar-refractivity contribution in [3.8, 4) is 39.9 Å². The third kappa shape index (κ3) is 4.26. The minimum absolute atomic E-state index is 0.0517. The molecular weight excluding hydrogens is 629 g/mol. The Balaban J connectivity index is 1.28. The van der Waals surface area contributed by atoms with E-state index >= 15 is 0 Å². The molecule has 11 rings (SSSR count). The number of fused-ring (bicyclic) bond motifs is 9. The van der Waals surface area contributed by atoms with E-state index in [0.29, 0.717) is 16.7 Å². The van der Waals surface area contributed by atoms with Crippen molar-refractivity contribution in [2.24, 2.45) is 0 Å². The fourth-order valence-electron chi connectivity index (χ4n) is 6.69. The van der Waals surface area contributed by atoms with Crippen LogP contribution in [0.3, 0.4) is 0 Å². The molecule has 0 spiro atoms. The van der Waals surface area contributed by atoms with Gasteiger partial charge in [-0.2, -0.15) is 9.97 Å². The van der Waals surface area contributed by atoms with Crippen LogP contribution in [-0.2, 0) is 0 Å². The van der Waals surface area contributed by atoms with Crippen LogP contribution < -0.4 is 0 Å². The molecule has 0 radical (unpaired) electrons. The third-order valence-corrected chi connectivity index (χ3v) is 8.91. The smallest absolute Gasteiger partial charge is 0.238 e. The summed E-state index contributed by atoms with van der Waals surface area (Å²) in [6.45, 7) is 0. The molecule has 0 aliphatic rings. The van der Waals surface area contributed by atoms with Crippen LogP contribution in [0.2, 0.25) is 0 Å². The molecule has 6 nitrogen and oxygen atoms in total. The highest BCUT2D eigenvalue weighted by Gasteiger charge is 2.21. The fraction of sp³-hybridized carbons (Fsp3) is 0. The molecule has 11 aromatic rings. The average molecular weight is 669 g/mol. The molecular formula is C45H26N4O2. The molecule has 0 saturated heterocycles. The maximum atomic E-state index is 9.74. The van der Waals surface area contributed by atoms with E-state index in [1.807, 2.05) is 54.6 Å². The monoisotopic (exact) mass is 668 g/mol. The number of hydrogen-bond donors (Lipinski definition) is 0. The highest BCUT2D eigenvalue weighted by atomic mass is 16.3. The van der Waals surface area contributed by atoms with Gasteiger partial charge in [0.15, 0.2) is 11.6 Å². The van der Waals surface area contributed by atoms with E-state index in [2.05, 4.69) is 9.97 Å². The van der Waals surface area contributed by atoms with E-state index in [1.165, 1.54) is 10.6 Å². The molecule has 0 unspecified atom stereocenters. The largest absolute Gasteiger partial charge is 0.456 e. The van der Waals surface area contributed by atoms with Gasteiger partial charge in [0.2, 0.25) is 5.95 Å². The lowest BCUT2D eigenvalue weighted by Crippen LogP contribution is -2.06. The molecule has 51 heavy (non-hydrogen) atoms. The van der Waals surface area contributed by atoms with Crippen molar-refractivity contribution < 1.29 is 28.0 Å². The Kier molecular flexibility index (Phi) is 3.69. The average Bonchev–Trinajstić information content (AvgIpc) is 4.00. The minimum atomic E-state index is -0.666. The molecule has 4 heterocycles. The van der Waals surface area contributed by atoms with Gasteiger partial charge in [-0.3, -0.25) is 4.57 Å². The second kappa shape index (κ2) is 10.7. The van der Waals surface area contributed by atoms with Crippen LogP contribution in [0.15, 0.2) is 166 Å². The van der Waals surface area contributed by atoms with E-state index < -0.39 is 96.0 Å². The molecule has 0 atom stereocenters. The summed E-state index contributed by atoms with van der Waals surface area (Å²) >= 11 is 0. The van der Waals surface area contributed by atoms with E-state index in [0.717, 1.165) is 21.9 Å². The molecule has 0 amide bonds. The summed E-state index contributed by atoms with van der Waals surface area (Å²) in [5.41, 5.74) is 2.27. The molecule has 7 aromatic carbocycles. The summed E-state index contributed by atoms with van der Waals surface area (Å²) in [6.07, 6.45) is 0. The van der Waals surface area contributed by atoms with Crippen molar-refractivity contribution in [3.05, 3.63) is 157 Å². The molecule has 0 saturated carbocycles. The van der Waals surface area contributed by atoms with Gasteiger partial charge in [-0.1, -0.05) is 115 Å². The summed E-state index contributed by atoms with van der Waals surface area (Å²) < 4.78 is 136. The summed E-state index contributed by atoms with van der Waals surface area (Å²) in [6, 6.07) is 14.1. The number of nitrogens with zero attached hydrogens (tertiary/aromatic N) is 4. The minimum Gasteiger partial charge on any atom is -0.456 e. The van der Waals surface area contributed by atoms with Crippen molar-refractivity contribution in [2.75, 3.05) is 0 Å². The quantitative estimate of drug-likeness (QED) is 0.187. The van der Waals surface area contributed by atoms with Gasteiger partial charge in [-0.05, 0) is 53.5 Å². The van der Waals surface area contributed by atoms with Crippen molar-refractivity contribution in [2.45, 2.75) is 0 Å². The SMILES string of the molecule is [2H]c1c([2H])c([2H])c(-c2nc(-c3ccc4c(c3)oc3cccc(-c5ccccc5)c34)nc(-n3c4c([2H])c5c(cc4c4c([2H])c([2H])c([2H])c([2H])c43)oc3c([2H])c([2H])c([2H])c([2H])c35)n2)c([2H])c1[2H]. The Morgan fingerprint density at radius 1 is 0.471 bits per heavy atom. The van der Waals surface area contributed by atoms with E-state index in [-0.39, 0.29) is 55.5 Å². The van der Waals surface area contributed by atoms with Gasteiger partial charge < -0.3 is 8.83 Å². The lowest BCUT2D eigenvalue weighted by molar-refractivity contribution is 0.669. The zero-order valence-electron chi connectivity index (χ0n) is 40.0. The van der Waals surface area contributed by atoms with E-state index in [1.54, 1.807) is 12.1 Å². The molecule has 4 aromatic heterocycles. The van der Waals surface area contributed by atoms with Crippen molar-refractivity contribution in [1.82, 2.24) is 19.5 Å². The first kappa shape index (κ1) is 17.6. The number of aromatic nitrogens is 4. The van der Waals surface area contributed by atoms with Gasteiger partial charge in [-0.15, -0.1) is 0 Å². The molecule has 6 heteroatoms. The second-order valence-corrected chi connectivity index (χ2v) is 11.8. The van der Waals surface area contributed by atoms with Gasteiger partial charge >= 0.3 is 0 Å². The van der Waals surface area contributed by atoms with Crippen molar-refractivity contribution in [3.63, 3.8) is 0 Å². The molecule has 0 aliphatic heterocycles. The maximum Gasteiger partial charge on any atom is 0.238 e. The van der Waals surface area contributed by atoms with Crippen LogP contribution in [0.4, 0.5) is 0 Å². The summed E-state index contributed by atoms with van der Waals surface area (Å²) in [5.74, 6) is -0.876. The number of hydrogen-bond acceptors (Lipinski definition) is 5. The van der Waals surface area contributed by atoms with Crippen molar-refractivity contribution >= 4 is 65.7 Å². The maximum absolute atomic E-state index is 9.74. The van der Waals surface area contributed by atoms with Crippen molar-refractivity contribution in [1.29, 1.82) is 0 Å². The van der Waals surface area contributed by atoms with Gasteiger partial charge in [-0.25, -0.2) is 4.98 Å². The Morgan fingerprint density at radius 3 is 2.10 bits per heavy atom. The molecule has 0 aliphatic carbocycles. The molecule has 0 N–H and O–H groups in total.